The Morgan fingerprint density at radius 3 is 2.64 bits per heavy atom. The van der Waals surface area contributed by atoms with E-state index < -0.39 is 9.05 Å². The molecule has 1 fully saturated rings. The van der Waals surface area contributed by atoms with E-state index in [-0.39, 0.29) is 11.7 Å². The van der Waals surface area contributed by atoms with E-state index >= 15 is 0 Å². The van der Waals surface area contributed by atoms with Gasteiger partial charge in [0.05, 0.1) is 5.75 Å². The molecule has 4 nitrogen and oxygen atoms in total. The number of rotatable bonds is 4. The van der Waals surface area contributed by atoms with Crippen molar-refractivity contribution in [2.75, 3.05) is 18.8 Å². The van der Waals surface area contributed by atoms with Gasteiger partial charge in [0.2, 0.25) is 15.0 Å². The third-order valence-electron chi connectivity index (χ3n) is 2.24. The van der Waals surface area contributed by atoms with Gasteiger partial charge in [0.1, 0.15) is 0 Å². The number of halogens is 1. The van der Waals surface area contributed by atoms with Crippen molar-refractivity contribution in [2.24, 2.45) is 0 Å². The van der Waals surface area contributed by atoms with E-state index in [1.54, 1.807) is 4.90 Å². The third-order valence-corrected chi connectivity index (χ3v) is 3.48. The maximum Gasteiger partial charge on any atom is 0.232 e. The number of hydrogen-bond acceptors (Lipinski definition) is 3. The summed E-state index contributed by atoms with van der Waals surface area (Å²) in [5.74, 6) is 0.0708. The van der Waals surface area contributed by atoms with E-state index in [2.05, 4.69) is 0 Å². The fourth-order valence-electron chi connectivity index (χ4n) is 1.53. The molecule has 0 N–H and O–H groups in total. The molecular formula is C8H14ClNO3S. The molecule has 1 saturated heterocycles. The van der Waals surface area contributed by atoms with Crippen LogP contribution in [0.5, 0.6) is 0 Å². The van der Waals surface area contributed by atoms with Gasteiger partial charge in [-0.15, -0.1) is 0 Å². The Bertz CT molecular complexity index is 302. The zero-order valence-electron chi connectivity index (χ0n) is 7.91. The first-order chi connectivity index (χ1) is 6.49. The first kappa shape index (κ1) is 11.8. The monoisotopic (exact) mass is 239 g/mol. The Labute approximate surface area is 88.6 Å². The molecule has 0 aromatic rings. The van der Waals surface area contributed by atoms with Gasteiger partial charge in [0.15, 0.2) is 0 Å². The minimum Gasteiger partial charge on any atom is -0.343 e. The van der Waals surface area contributed by atoms with Gasteiger partial charge in [-0.1, -0.05) is 0 Å². The minimum absolute atomic E-state index is 0.0572. The summed E-state index contributed by atoms with van der Waals surface area (Å²) in [6.07, 6.45) is 2.98. The minimum atomic E-state index is -3.41. The molecular weight excluding hydrogens is 226 g/mol. The van der Waals surface area contributed by atoms with Crippen LogP contribution in [0.2, 0.25) is 0 Å². The summed E-state index contributed by atoms with van der Waals surface area (Å²) in [4.78, 5) is 13.0. The normalized spacial score (nSPS) is 18.6. The lowest BCUT2D eigenvalue weighted by Crippen LogP contribution is -2.36. The Balaban J connectivity index is 2.27. The average molecular weight is 240 g/mol. The van der Waals surface area contributed by atoms with Crippen molar-refractivity contribution >= 4 is 25.6 Å². The summed E-state index contributed by atoms with van der Waals surface area (Å²) < 4.78 is 21.2. The molecule has 0 unspecified atom stereocenters. The van der Waals surface area contributed by atoms with Crippen molar-refractivity contribution in [3.8, 4) is 0 Å². The van der Waals surface area contributed by atoms with Crippen molar-refractivity contribution in [1.29, 1.82) is 0 Å². The number of carbonyl (C=O) groups excluding carboxylic acids is 1. The van der Waals surface area contributed by atoms with Gasteiger partial charge in [-0.25, -0.2) is 8.42 Å². The first-order valence-corrected chi connectivity index (χ1v) is 7.17. The molecule has 6 heteroatoms. The lowest BCUT2D eigenvalue weighted by Gasteiger charge is -2.26. The molecule has 0 atom stereocenters. The molecule has 1 aliphatic rings. The number of amides is 1. The Morgan fingerprint density at radius 2 is 2.07 bits per heavy atom. The summed E-state index contributed by atoms with van der Waals surface area (Å²) in [7, 11) is 1.65. The Kier molecular flexibility index (Phi) is 4.19. The highest BCUT2D eigenvalue weighted by Crippen LogP contribution is 2.11. The fraction of sp³-hybridized carbons (Fsp3) is 0.875. The Morgan fingerprint density at radius 1 is 1.36 bits per heavy atom. The van der Waals surface area contributed by atoms with Crippen molar-refractivity contribution < 1.29 is 13.2 Å². The van der Waals surface area contributed by atoms with Crippen molar-refractivity contribution in [3.05, 3.63) is 0 Å². The summed E-state index contributed by atoms with van der Waals surface area (Å²) in [6.45, 7) is 1.26. The highest BCUT2D eigenvalue weighted by molar-refractivity contribution is 8.13. The summed E-state index contributed by atoms with van der Waals surface area (Å²) in [6, 6.07) is 0. The van der Waals surface area contributed by atoms with Crippen molar-refractivity contribution in [1.82, 2.24) is 4.90 Å². The summed E-state index contributed by atoms with van der Waals surface area (Å²) in [5, 5.41) is 0. The smallest absolute Gasteiger partial charge is 0.232 e. The molecule has 1 amide bonds. The van der Waals surface area contributed by atoms with Crippen LogP contribution in [-0.4, -0.2) is 38.1 Å². The van der Waals surface area contributed by atoms with Crippen LogP contribution in [0.25, 0.3) is 0 Å². The zero-order chi connectivity index (χ0) is 10.6. The van der Waals surface area contributed by atoms with E-state index in [1.165, 1.54) is 0 Å². The van der Waals surface area contributed by atoms with Gasteiger partial charge in [0.25, 0.3) is 0 Å². The van der Waals surface area contributed by atoms with Gasteiger partial charge in [-0.05, 0) is 19.3 Å². The molecule has 82 valence electrons. The standard InChI is InChI=1S/C8H14ClNO3S/c9-14(12,13)7-3-6-10-5-2-1-4-8(10)11/h1-7H2. The largest absolute Gasteiger partial charge is 0.343 e. The van der Waals surface area contributed by atoms with Crippen LogP contribution in [0.1, 0.15) is 25.7 Å². The number of piperidine rings is 1. The topological polar surface area (TPSA) is 54.5 Å². The molecule has 1 heterocycles. The molecule has 0 aliphatic carbocycles. The maximum absolute atomic E-state index is 11.3. The second kappa shape index (κ2) is 4.98. The van der Waals surface area contributed by atoms with E-state index in [0.717, 1.165) is 19.4 Å². The van der Waals surface area contributed by atoms with E-state index in [9.17, 15) is 13.2 Å². The van der Waals surface area contributed by atoms with E-state index in [1.807, 2.05) is 0 Å². The number of nitrogens with zero attached hydrogens (tertiary/aromatic N) is 1. The highest BCUT2D eigenvalue weighted by Gasteiger charge is 2.17. The SMILES string of the molecule is O=C1CCCCN1CCCS(=O)(=O)Cl. The van der Waals surface area contributed by atoms with Gasteiger partial charge >= 0.3 is 0 Å². The van der Waals surface area contributed by atoms with Crippen LogP contribution in [-0.2, 0) is 13.8 Å². The first-order valence-electron chi connectivity index (χ1n) is 4.69. The van der Waals surface area contributed by atoms with Crippen molar-refractivity contribution in [3.63, 3.8) is 0 Å². The molecule has 1 rings (SSSR count). The number of likely N-dealkylation sites (tertiary alicyclic amines) is 1. The van der Waals surface area contributed by atoms with E-state index in [4.69, 9.17) is 10.7 Å². The Hall–Kier alpha value is -0.290. The van der Waals surface area contributed by atoms with Crippen LogP contribution >= 0.6 is 10.7 Å². The predicted octanol–water partition coefficient (Wildman–Crippen LogP) is 0.958. The fourth-order valence-corrected chi connectivity index (χ4v) is 2.33. The van der Waals surface area contributed by atoms with Crippen LogP contribution in [0.15, 0.2) is 0 Å². The molecule has 0 aromatic carbocycles. The number of carbonyl (C=O) groups is 1. The summed E-state index contributed by atoms with van der Waals surface area (Å²) >= 11 is 0. The lowest BCUT2D eigenvalue weighted by atomic mass is 10.1. The molecule has 0 bridgehead atoms. The molecule has 14 heavy (non-hydrogen) atoms. The van der Waals surface area contributed by atoms with Crippen LogP contribution in [0, 0.1) is 0 Å². The average Bonchev–Trinajstić information content (AvgIpc) is 2.06. The van der Waals surface area contributed by atoms with Crippen LogP contribution in [0.3, 0.4) is 0 Å². The van der Waals surface area contributed by atoms with E-state index in [0.29, 0.717) is 19.4 Å². The molecule has 0 saturated carbocycles. The highest BCUT2D eigenvalue weighted by atomic mass is 35.7. The quantitative estimate of drug-likeness (QED) is 0.687. The zero-order valence-corrected chi connectivity index (χ0v) is 9.48. The molecule has 1 aliphatic heterocycles. The molecule has 0 radical (unpaired) electrons. The van der Waals surface area contributed by atoms with Gasteiger partial charge in [-0.2, -0.15) is 0 Å². The summed E-state index contributed by atoms with van der Waals surface area (Å²) in [5.41, 5.74) is 0. The lowest BCUT2D eigenvalue weighted by molar-refractivity contribution is -0.133. The third kappa shape index (κ3) is 4.28. The van der Waals surface area contributed by atoms with Crippen molar-refractivity contribution in [2.45, 2.75) is 25.7 Å². The molecule has 0 aromatic heterocycles. The van der Waals surface area contributed by atoms with Gasteiger partial charge in [0, 0.05) is 30.2 Å². The van der Waals surface area contributed by atoms with Crippen LogP contribution in [0.4, 0.5) is 0 Å². The maximum atomic E-state index is 11.3. The second-order valence-electron chi connectivity index (χ2n) is 3.43. The van der Waals surface area contributed by atoms with Crippen LogP contribution < -0.4 is 0 Å². The molecule has 0 spiro atoms. The second-order valence-corrected chi connectivity index (χ2v) is 6.33. The number of hydrogen-bond donors (Lipinski definition) is 0. The predicted molar refractivity (Wildman–Crippen MR) is 54.7 cm³/mol. The van der Waals surface area contributed by atoms with Gasteiger partial charge in [-0.3, -0.25) is 4.79 Å². The van der Waals surface area contributed by atoms with Gasteiger partial charge < -0.3 is 4.90 Å².